The molecule has 81 heavy (non-hydrogen) atoms. The van der Waals surface area contributed by atoms with Crippen LogP contribution in [0.15, 0.2) is 146 Å². The second kappa shape index (κ2) is 26.0. The minimum Gasteiger partial charge on any atom is -0.392 e. The van der Waals surface area contributed by atoms with Gasteiger partial charge in [0.05, 0.1) is 19.2 Å². The lowest BCUT2D eigenvalue weighted by Crippen LogP contribution is -2.51. The van der Waals surface area contributed by atoms with E-state index >= 15 is 0 Å². The normalized spacial score (nSPS) is 15.6. The highest BCUT2D eigenvalue weighted by molar-refractivity contribution is 6.01. The Hall–Kier alpha value is -8.78. The van der Waals surface area contributed by atoms with E-state index in [-0.39, 0.29) is 43.9 Å². The van der Waals surface area contributed by atoms with Gasteiger partial charge in [0.15, 0.2) is 0 Å². The van der Waals surface area contributed by atoms with Gasteiger partial charge in [-0.05, 0) is 127 Å². The van der Waals surface area contributed by atoms with Gasteiger partial charge in [0, 0.05) is 53.0 Å². The van der Waals surface area contributed by atoms with Crippen molar-refractivity contribution in [3.8, 4) is 45.0 Å². The molecular weight excluding hydrogens is 1020 g/mol. The molecule has 0 radical (unpaired) electrons. The van der Waals surface area contributed by atoms with Crippen molar-refractivity contribution in [2.45, 2.75) is 123 Å². The standard InChI is InChI=1S/C32H37N7O3.C29H31N7O2.CH4/c1-21(40)19-33-32(2,3)18-29(41)34-27-17-16-24-8-4-7-11-28(24)39(31(27)42)20-22-12-14-23(15-13-22)25-9-5-6-10-26(25)30-35-37-38-36-30;1-29(2,30)17-26(37)31-24-16-15-21-7-3-6-10-25(21)36(28(24)38)18-19-11-13-20(14-12-19)22-8-4-5-9-23(22)27-32-34-35-33-27;/h4-15,21,27,33,40H,16-20H2,1-3H3,(H,34,41)(H,35,36,37,38);3-14,24H,15-18,30H2,1-2H3,(H,31,37)(H,32,33,34,35);1H4/t21-,27-;24-;/m11./s1. The van der Waals surface area contributed by atoms with Gasteiger partial charge in [-0.15, -0.1) is 20.4 Å². The van der Waals surface area contributed by atoms with Gasteiger partial charge in [0.25, 0.3) is 0 Å². The molecule has 19 nitrogen and oxygen atoms in total. The lowest BCUT2D eigenvalue weighted by molar-refractivity contribution is -0.128. The van der Waals surface area contributed by atoms with Crippen molar-refractivity contribution in [1.29, 1.82) is 0 Å². The minimum absolute atomic E-state index is 0. The molecule has 6 aromatic carbocycles. The number of aryl methyl sites for hydroxylation is 2. The van der Waals surface area contributed by atoms with Gasteiger partial charge in [0.2, 0.25) is 35.3 Å². The predicted molar refractivity (Wildman–Crippen MR) is 314 cm³/mol. The number of para-hydroxylation sites is 2. The van der Waals surface area contributed by atoms with Crippen molar-refractivity contribution in [2.75, 3.05) is 16.3 Å². The summed E-state index contributed by atoms with van der Waals surface area (Å²) < 4.78 is 0. The van der Waals surface area contributed by atoms with Crippen LogP contribution >= 0.6 is 0 Å². The Morgan fingerprint density at radius 3 is 1.40 bits per heavy atom. The number of hydrogen-bond acceptors (Lipinski definition) is 13. The van der Waals surface area contributed by atoms with Crippen LogP contribution < -0.4 is 31.5 Å². The van der Waals surface area contributed by atoms with Crippen molar-refractivity contribution in [3.63, 3.8) is 0 Å². The van der Waals surface area contributed by atoms with Crippen LogP contribution in [-0.4, -0.2) is 106 Å². The number of nitrogens with one attached hydrogen (secondary N) is 5. The number of aromatic amines is 2. The molecule has 420 valence electrons. The van der Waals surface area contributed by atoms with Gasteiger partial charge in [-0.2, -0.15) is 10.4 Å². The molecule has 0 saturated carbocycles. The maximum Gasteiger partial charge on any atom is 0.249 e. The van der Waals surface area contributed by atoms with Crippen LogP contribution in [0.1, 0.15) is 90.0 Å². The summed E-state index contributed by atoms with van der Waals surface area (Å²) in [7, 11) is 0. The number of nitrogens with two attached hydrogens (primary N) is 1. The van der Waals surface area contributed by atoms with Gasteiger partial charge in [-0.25, -0.2) is 0 Å². The second-order valence-electron chi connectivity index (χ2n) is 21.8. The van der Waals surface area contributed by atoms with E-state index in [2.05, 4.69) is 57.2 Å². The fourth-order valence-electron chi connectivity index (χ4n) is 10.2. The number of aliphatic hydroxyl groups is 1. The van der Waals surface area contributed by atoms with Crippen LogP contribution in [-0.2, 0) is 45.1 Å². The molecule has 0 spiro atoms. The molecule has 10 rings (SSSR count). The maximum absolute atomic E-state index is 13.9. The number of anilines is 2. The van der Waals surface area contributed by atoms with Gasteiger partial charge < -0.3 is 36.6 Å². The number of carbonyl (C=O) groups excluding carboxylic acids is 4. The van der Waals surface area contributed by atoms with Crippen molar-refractivity contribution in [2.24, 2.45) is 5.73 Å². The highest BCUT2D eigenvalue weighted by Gasteiger charge is 2.34. The highest BCUT2D eigenvalue weighted by atomic mass is 16.3. The third-order valence-corrected chi connectivity index (χ3v) is 14.1. The zero-order valence-electron chi connectivity index (χ0n) is 45.7. The molecule has 0 aliphatic carbocycles. The molecule has 3 atom stereocenters. The third kappa shape index (κ3) is 14.9. The first-order valence-corrected chi connectivity index (χ1v) is 26.9. The fourth-order valence-corrected chi connectivity index (χ4v) is 10.2. The van der Waals surface area contributed by atoms with Crippen molar-refractivity contribution >= 4 is 35.0 Å². The van der Waals surface area contributed by atoms with Crippen LogP contribution in [0.25, 0.3) is 45.0 Å². The molecule has 0 bridgehead atoms. The third-order valence-electron chi connectivity index (χ3n) is 14.1. The van der Waals surface area contributed by atoms with Gasteiger partial charge in [0.1, 0.15) is 12.1 Å². The Bertz CT molecular complexity index is 3400. The fraction of sp³-hybridized carbons (Fsp3) is 0.323. The number of rotatable bonds is 17. The molecule has 19 heteroatoms. The van der Waals surface area contributed by atoms with Gasteiger partial charge in [-0.1, -0.05) is 141 Å². The van der Waals surface area contributed by atoms with Crippen LogP contribution in [0.2, 0.25) is 0 Å². The summed E-state index contributed by atoms with van der Waals surface area (Å²) in [6.07, 6.45) is 2.25. The molecule has 0 fully saturated rings. The number of β-amino-alcohol motifs (C(OH)–C–C–N with tert-alkyl or cyclic N) is 1. The molecular formula is C62H72N14O5. The van der Waals surface area contributed by atoms with E-state index in [0.29, 0.717) is 57.0 Å². The first-order chi connectivity index (χ1) is 38.5. The Kier molecular flexibility index (Phi) is 18.7. The molecule has 0 saturated heterocycles. The molecule has 2 aliphatic rings. The summed E-state index contributed by atoms with van der Waals surface area (Å²) in [5.74, 6) is 0.386. The zero-order chi connectivity index (χ0) is 56.4. The number of nitrogens with zero attached hydrogens (tertiary/aromatic N) is 8. The lowest BCUT2D eigenvalue weighted by Gasteiger charge is -2.29. The summed E-state index contributed by atoms with van der Waals surface area (Å²) in [4.78, 5) is 56.9. The van der Waals surface area contributed by atoms with Crippen LogP contribution in [0, 0.1) is 0 Å². The first-order valence-electron chi connectivity index (χ1n) is 26.9. The molecule has 2 aromatic heterocycles. The first kappa shape index (κ1) is 58.4. The van der Waals surface area contributed by atoms with Crippen molar-refractivity contribution in [3.05, 3.63) is 168 Å². The monoisotopic (exact) mass is 1090 g/mol. The average Bonchev–Trinajstić information content (AvgIpc) is 4.17. The van der Waals surface area contributed by atoms with Crippen molar-refractivity contribution < 1.29 is 24.3 Å². The number of carbonyl (C=O) groups is 4. The summed E-state index contributed by atoms with van der Waals surface area (Å²) in [5, 5.41) is 47.7. The molecule has 0 unspecified atom stereocenters. The number of tetrazole rings is 2. The number of benzene rings is 6. The summed E-state index contributed by atoms with van der Waals surface area (Å²) in [6, 6.07) is 46.6. The van der Waals surface area contributed by atoms with Crippen LogP contribution in [0.3, 0.4) is 0 Å². The summed E-state index contributed by atoms with van der Waals surface area (Å²) in [5.41, 5.74) is 16.4. The van der Waals surface area contributed by atoms with E-state index in [0.717, 1.165) is 67.0 Å². The van der Waals surface area contributed by atoms with E-state index in [1.54, 1.807) is 30.6 Å². The molecule has 2 aliphatic heterocycles. The predicted octanol–water partition coefficient (Wildman–Crippen LogP) is 7.90. The Morgan fingerprint density at radius 2 is 1.00 bits per heavy atom. The van der Waals surface area contributed by atoms with E-state index in [1.165, 1.54) is 0 Å². The summed E-state index contributed by atoms with van der Waals surface area (Å²) >= 11 is 0. The number of amides is 4. The van der Waals surface area contributed by atoms with Gasteiger partial charge >= 0.3 is 0 Å². The van der Waals surface area contributed by atoms with Gasteiger partial charge in [-0.3, -0.25) is 19.2 Å². The van der Waals surface area contributed by atoms with Crippen molar-refractivity contribution in [1.82, 2.24) is 57.2 Å². The Labute approximate surface area is 472 Å². The van der Waals surface area contributed by atoms with E-state index in [4.69, 9.17) is 5.73 Å². The lowest BCUT2D eigenvalue weighted by atomic mass is 9.98. The average molecular weight is 1090 g/mol. The van der Waals surface area contributed by atoms with E-state index in [9.17, 15) is 24.3 Å². The zero-order valence-corrected chi connectivity index (χ0v) is 45.7. The van der Waals surface area contributed by atoms with E-state index in [1.807, 2.05) is 159 Å². The number of aliphatic hydroxyl groups excluding tert-OH is 1. The number of fused-ring (bicyclic) bond motifs is 2. The number of aromatic nitrogens is 8. The van der Waals surface area contributed by atoms with E-state index < -0.39 is 29.3 Å². The second-order valence-corrected chi connectivity index (χ2v) is 21.8. The molecule has 4 amide bonds. The number of H-pyrrole nitrogens is 2. The molecule has 4 heterocycles. The smallest absolute Gasteiger partial charge is 0.249 e. The SMILES string of the molecule is C.CC(C)(N)CC(=O)N[C@@H]1CCc2ccccc2N(Cc2ccc(-c3ccccc3-c3nn[nH]n3)cc2)C1=O.C[C@@H](O)CNC(C)(C)CC(=O)N[C@@H]1CCc2ccccc2N(Cc2ccc(-c3ccccc3-c3nn[nH]n3)cc2)C1=O. The van der Waals surface area contributed by atoms with Crippen LogP contribution in [0.5, 0.6) is 0 Å². The summed E-state index contributed by atoms with van der Waals surface area (Å²) in [6.45, 7) is 10.3. The molecule has 8 aromatic rings. The number of hydrogen-bond donors (Lipinski definition) is 7. The highest BCUT2D eigenvalue weighted by Crippen LogP contribution is 2.34. The Balaban J connectivity index is 0.000000211. The van der Waals surface area contributed by atoms with Crippen LogP contribution in [0.4, 0.5) is 11.4 Å². The largest absolute Gasteiger partial charge is 0.392 e. The maximum atomic E-state index is 13.9. The Morgan fingerprint density at radius 1 is 0.605 bits per heavy atom. The topological polar surface area (TPSA) is 266 Å². The molecule has 8 N–H and O–H groups in total. The quantitative estimate of drug-likeness (QED) is 0.0458. The minimum atomic E-state index is -0.648.